The smallest absolute Gasteiger partial charge is 0.195 e. The summed E-state index contributed by atoms with van der Waals surface area (Å²) in [6.07, 6.45) is 1.76. The van der Waals surface area contributed by atoms with Gasteiger partial charge in [0.2, 0.25) is 0 Å². The average Bonchev–Trinajstić information content (AvgIpc) is 2.04. The maximum Gasteiger partial charge on any atom is 0.195 e. The van der Waals surface area contributed by atoms with Crippen molar-refractivity contribution in [2.45, 2.75) is 38.9 Å². The average molecular weight is 202 g/mol. The molecule has 0 amide bonds. The summed E-state index contributed by atoms with van der Waals surface area (Å²) in [5.74, 6) is 0. The maximum absolute atomic E-state index is 11.8. The molecule has 0 atom stereocenters. The molecular weight excluding hydrogens is 184 g/mol. The first-order chi connectivity index (χ1) is 6.04. The largest absolute Gasteiger partial charge is 0.381 e. The zero-order chi connectivity index (χ0) is 9.90. The summed E-state index contributed by atoms with van der Waals surface area (Å²) in [4.78, 5) is 11.8. The van der Waals surface area contributed by atoms with Crippen LogP contribution < -0.4 is 0 Å². The summed E-state index contributed by atoms with van der Waals surface area (Å²) < 4.78 is 5.26. The highest BCUT2D eigenvalue weighted by Gasteiger charge is 2.35. The Bertz CT molecular complexity index is 183. The molecule has 2 nitrogen and oxygen atoms in total. The van der Waals surface area contributed by atoms with E-state index in [1.54, 1.807) is 0 Å². The standard InChI is InChI=1S/C10H18O2S/c1-8(2)13-9(11)10(3)4-6-12-7-5-10/h8H,4-7H2,1-3H3. The van der Waals surface area contributed by atoms with Gasteiger partial charge in [-0.05, 0) is 12.8 Å². The quantitative estimate of drug-likeness (QED) is 0.688. The van der Waals surface area contributed by atoms with E-state index in [2.05, 4.69) is 20.8 Å². The van der Waals surface area contributed by atoms with Crippen LogP contribution in [-0.4, -0.2) is 23.6 Å². The number of rotatable bonds is 2. The van der Waals surface area contributed by atoms with Gasteiger partial charge in [-0.1, -0.05) is 32.5 Å². The zero-order valence-electron chi connectivity index (χ0n) is 8.63. The Kier molecular flexibility index (Phi) is 3.80. The van der Waals surface area contributed by atoms with Gasteiger partial charge in [0.15, 0.2) is 5.12 Å². The first kappa shape index (κ1) is 11.1. The molecule has 1 aliphatic rings. The van der Waals surface area contributed by atoms with Crippen LogP contribution in [0, 0.1) is 5.41 Å². The Morgan fingerprint density at radius 1 is 1.38 bits per heavy atom. The van der Waals surface area contributed by atoms with Crippen LogP contribution in [-0.2, 0) is 9.53 Å². The molecule has 13 heavy (non-hydrogen) atoms. The van der Waals surface area contributed by atoms with E-state index >= 15 is 0 Å². The molecule has 1 fully saturated rings. The Balaban J connectivity index is 2.51. The molecule has 0 saturated carbocycles. The van der Waals surface area contributed by atoms with Crippen molar-refractivity contribution in [3.8, 4) is 0 Å². The summed E-state index contributed by atoms with van der Waals surface area (Å²) in [7, 11) is 0. The number of ether oxygens (including phenoxy) is 1. The number of hydrogen-bond donors (Lipinski definition) is 0. The lowest BCUT2D eigenvalue weighted by molar-refractivity contribution is -0.123. The number of hydrogen-bond acceptors (Lipinski definition) is 3. The molecule has 1 aliphatic heterocycles. The van der Waals surface area contributed by atoms with Gasteiger partial charge in [-0.3, -0.25) is 4.79 Å². The van der Waals surface area contributed by atoms with Crippen LogP contribution in [0.4, 0.5) is 0 Å². The Morgan fingerprint density at radius 3 is 2.38 bits per heavy atom. The van der Waals surface area contributed by atoms with Crippen molar-refractivity contribution >= 4 is 16.9 Å². The molecule has 0 aliphatic carbocycles. The van der Waals surface area contributed by atoms with E-state index < -0.39 is 0 Å². The van der Waals surface area contributed by atoms with Crippen LogP contribution in [0.15, 0.2) is 0 Å². The Hall–Kier alpha value is -0.0200. The van der Waals surface area contributed by atoms with Crippen molar-refractivity contribution in [2.24, 2.45) is 5.41 Å². The fraction of sp³-hybridized carbons (Fsp3) is 0.900. The third-order valence-electron chi connectivity index (χ3n) is 2.43. The minimum Gasteiger partial charge on any atom is -0.381 e. The van der Waals surface area contributed by atoms with Gasteiger partial charge < -0.3 is 4.74 Å². The van der Waals surface area contributed by atoms with Crippen LogP contribution in [0.3, 0.4) is 0 Å². The normalized spacial score (nSPS) is 21.8. The maximum atomic E-state index is 11.8. The molecule has 0 bridgehead atoms. The minimum absolute atomic E-state index is 0.132. The lowest BCUT2D eigenvalue weighted by Gasteiger charge is -2.31. The van der Waals surface area contributed by atoms with E-state index in [0.29, 0.717) is 10.4 Å². The van der Waals surface area contributed by atoms with Crippen LogP contribution in [0.1, 0.15) is 33.6 Å². The monoisotopic (exact) mass is 202 g/mol. The molecule has 1 saturated heterocycles. The van der Waals surface area contributed by atoms with Crippen molar-refractivity contribution < 1.29 is 9.53 Å². The third kappa shape index (κ3) is 2.99. The molecule has 0 radical (unpaired) electrons. The number of carbonyl (C=O) groups is 1. The zero-order valence-corrected chi connectivity index (χ0v) is 9.45. The van der Waals surface area contributed by atoms with Gasteiger partial charge in [0.1, 0.15) is 0 Å². The molecule has 1 rings (SSSR count). The van der Waals surface area contributed by atoms with Crippen molar-refractivity contribution in [2.75, 3.05) is 13.2 Å². The van der Waals surface area contributed by atoms with E-state index in [0.717, 1.165) is 26.1 Å². The second-order valence-corrected chi connectivity index (χ2v) is 5.68. The summed E-state index contributed by atoms with van der Waals surface area (Å²) in [6, 6.07) is 0. The van der Waals surface area contributed by atoms with Crippen LogP contribution in [0.5, 0.6) is 0 Å². The molecule has 1 heterocycles. The van der Waals surface area contributed by atoms with E-state index in [-0.39, 0.29) is 5.41 Å². The minimum atomic E-state index is -0.132. The van der Waals surface area contributed by atoms with Gasteiger partial charge in [-0.2, -0.15) is 0 Å². The number of thioether (sulfide) groups is 1. The fourth-order valence-electron chi connectivity index (χ4n) is 1.38. The molecule has 0 aromatic heterocycles. The highest BCUT2D eigenvalue weighted by molar-refractivity contribution is 8.14. The molecule has 0 aromatic carbocycles. The van der Waals surface area contributed by atoms with Crippen molar-refractivity contribution in [3.63, 3.8) is 0 Å². The lowest BCUT2D eigenvalue weighted by Crippen LogP contribution is -2.33. The predicted octanol–water partition coefficient (Wildman–Crippen LogP) is 2.47. The molecule has 3 heteroatoms. The second kappa shape index (κ2) is 4.47. The highest BCUT2D eigenvalue weighted by Crippen LogP contribution is 2.35. The van der Waals surface area contributed by atoms with Gasteiger partial charge in [0.25, 0.3) is 0 Å². The van der Waals surface area contributed by atoms with Gasteiger partial charge >= 0.3 is 0 Å². The Labute approximate surface area is 84.4 Å². The van der Waals surface area contributed by atoms with E-state index in [9.17, 15) is 4.79 Å². The van der Waals surface area contributed by atoms with Crippen LogP contribution >= 0.6 is 11.8 Å². The van der Waals surface area contributed by atoms with Crippen molar-refractivity contribution in [1.29, 1.82) is 0 Å². The van der Waals surface area contributed by atoms with Crippen LogP contribution in [0.2, 0.25) is 0 Å². The second-order valence-electron chi connectivity index (χ2n) is 4.13. The van der Waals surface area contributed by atoms with Crippen molar-refractivity contribution in [1.82, 2.24) is 0 Å². The summed E-state index contributed by atoms with van der Waals surface area (Å²) in [6.45, 7) is 7.66. The van der Waals surface area contributed by atoms with E-state index in [4.69, 9.17) is 4.74 Å². The first-order valence-corrected chi connectivity index (χ1v) is 5.71. The molecule has 0 N–H and O–H groups in total. The lowest BCUT2D eigenvalue weighted by atomic mass is 9.84. The van der Waals surface area contributed by atoms with E-state index in [1.165, 1.54) is 11.8 Å². The fourth-order valence-corrected chi connectivity index (χ4v) is 2.30. The Morgan fingerprint density at radius 2 is 1.92 bits per heavy atom. The molecular formula is C10H18O2S. The van der Waals surface area contributed by atoms with Gasteiger partial charge in [-0.25, -0.2) is 0 Å². The summed E-state index contributed by atoms with van der Waals surface area (Å²) in [5.41, 5.74) is -0.132. The summed E-state index contributed by atoms with van der Waals surface area (Å²) in [5, 5.41) is 0.734. The van der Waals surface area contributed by atoms with E-state index in [1.807, 2.05) is 0 Å². The third-order valence-corrected chi connectivity index (χ3v) is 3.61. The predicted molar refractivity (Wildman–Crippen MR) is 55.9 cm³/mol. The SMILES string of the molecule is CC(C)SC(=O)C1(C)CCOCC1. The molecule has 0 spiro atoms. The van der Waals surface area contributed by atoms with Gasteiger partial charge in [0, 0.05) is 23.9 Å². The first-order valence-electron chi connectivity index (χ1n) is 4.83. The molecule has 0 unspecified atom stereocenters. The highest BCUT2D eigenvalue weighted by atomic mass is 32.2. The van der Waals surface area contributed by atoms with Crippen molar-refractivity contribution in [3.05, 3.63) is 0 Å². The number of carbonyl (C=O) groups excluding carboxylic acids is 1. The molecule has 0 aromatic rings. The van der Waals surface area contributed by atoms with Gasteiger partial charge in [-0.15, -0.1) is 0 Å². The molecule has 76 valence electrons. The van der Waals surface area contributed by atoms with Gasteiger partial charge in [0.05, 0.1) is 0 Å². The van der Waals surface area contributed by atoms with Crippen LogP contribution in [0.25, 0.3) is 0 Å². The summed E-state index contributed by atoms with van der Waals surface area (Å²) >= 11 is 1.47. The topological polar surface area (TPSA) is 26.3 Å².